The van der Waals surface area contributed by atoms with Gasteiger partial charge in [-0.15, -0.1) is 0 Å². The summed E-state index contributed by atoms with van der Waals surface area (Å²) >= 11 is 0. The molecule has 1 aliphatic rings. The summed E-state index contributed by atoms with van der Waals surface area (Å²) in [5.74, 6) is -2.47. The molecule has 1 aliphatic heterocycles. The normalized spacial score (nSPS) is 28.4. The van der Waals surface area contributed by atoms with Crippen LogP contribution < -0.4 is 0 Å². The van der Waals surface area contributed by atoms with Crippen LogP contribution in [0.3, 0.4) is 0 Å². The topological polar surface area (TPSA) is 66.8 Å². The van der Waals surface area contributed by atoms with Gasteiger partial charge in [-0.2, -0.15) is 0 Å². The summed E-state index contributed by atoms with van der Waals surface area (Å²) in [5, 5.41) is 8.94. The summed E-state index contributed by atoms with van der Waals surface area (Å²) in [6.45, 7) is 1.15. The number of esters is 1. The van der Waals surface area contributed by atoms with E-state index in [1.54, 1.807) is 0 Å². The predicted octanol–water partition coefficient (Wildman–Crippen LogP) is -0.188. The lowest BCUT2D eigenvalue weighted by molar-refractivity contribution is -0.158. The summed E-state index contributed by atoms with van der Waals surface area (Å²) < 4.78 is 4.58. The molecule has 0 bridgehead atoms. The molecule has 0 aromatic rings. The Bertz CT molecular complexity index is 241. The second-order valence-electron chi connectivity index (χ2n) is 3.63. The number of carbonyl (C=O) groups is 2. The smallest absolute Gasteiger partial charge is 0.309 e. The van der Waals surface area contributed by atoms with Gasteiger partial charge in [0.1, 0.15) is 0 Å². The van der Waals surface area contributed by atoms with Crippen LogP contribution >= 0.6 is 0 Å². The van der Waals surface area contributed by atoms with Gasteiger partial charge >= 0.3 is 11.9 Å². The van der Waals surface area contributed by atoms with E-state index in [-0.39, 0.29) is 0 Å². The number of likely N-dealkylation sites (tertiary alicyclic amines) is 1. The van der Waals surface area contributed by atoms with Crippen molar-refractivity contribution in [2.45, 2.75) is 6.42 Å². The van der Waals surface area contributed by atoms with Crippen molar-refractivity contribution in [2.24, 2.45) is 11.8 Å². The zero-order chi connectivity index (χ0) is 10.7. The number of carboxylic acid groups (broad SMARTS) is 1. The van der Waals surface area contributed by atoms with Crippen molar-refractivity contribution in [3.05, 3.63) is 0 Å². The third kappa shape index (κ3) is 2.23. The maximum absolute atomic E-state index is 11.3. The lowest BCUT2D eigenvalue weighted by Gasteiger charge is -2.32. The van der Waals surface area contributed by atoms with Gasteiger partial charge in [-0.25, -0.2) is 0 Å². The van der Waals surface area contributed by atoms with Crippen LogP contribution in [0.1, 0.15) is 6.42 Å². The number of aliphatic carboxylic acids is 1. The molecule has 0 aromatic heterocycles. The molecule has 5 nitrogen and oxygen atoms in total. The Morgan fingerprint density at radius 1 is 1.43 bits per heavy atom. The minimum atomic E-state index is -0.924. The van der Waals surface area contributed by atoms with Crippen molar-refractivity contribution in [1.82, 2.24) is 4.90 Å². The average molecular weight is 201 g/mol. The largest absolute Gasteiger partial charge is 0.481 e. The third-order valence-electron chi connectivity index (χ3n) is 2.64. The van der Waals surface area contributed by atoms with Crippen molar-refractivity contribution in [3.8, 4) is 0 Å². The van der Waals surface area contributed by atoms with Gasteiger partial charge in [0.25, 0.3) is 0 Å². The highest BCUT2D eigenvalue weighted by molar-refractivity contribution is 5.81. The molecule has 0 aromatic carbocycles. The van der Waals surface area contributed by atoms with E-state index in [2.05, 4.69) is 4.74 Å². The molecule has 0 saturated carbocycles. The molecule has 2 atom stereocenters. The molecule has 1 rings (SSSR count). The molecule has 0 unspecified atom stereocenters. The summed E-state index contributed by atoms with van der Waals surface area (Å²) in [6, 6.07) is 0. The minimum Gasteiger partial charge on any atom is -0.481 e. The van der Waals surface area contributed by atoms with Crippen LogP contribution in [0.15, 0.2) is 0 Å². The maximum Gasteiger partial charge on any atom is 0.309 e. The van der Waals surface area contributed by atoms with Gasteiger partial charge in [0.15, 0.2) is 0 Å². The molecule has 1 heterocycles. The monoisotopic (exact) mass is 201 g/mol. The van der Waals surface area contributed by atoms with Gasteiger partial charge in [0.05, 0.1) is 18.9 Å². The molecule has 1 saturated heterocycles. The molecule has 14 heavy (non-hydrogen) atoms. The fourth-order valence-electron chi connectivity index (χ4n) is 1.80. The molecule has 1 fully saturated rings. The van der Waals surface area contributed by atoms with Crippen molar-refractivity contribution in [2.75, 3.05) is 27.2 Å². The molecule has 0 amide bonds. The number of rotatable bonds is 2. The van der Waals surface area contributed by atoms with Crippen LogP contribution in [-0.4, -0.2) is 49.2 Å². The van der Waals surface area contributed by atoms with Gasteiger partial charge in [-0.1, -0.05) is 0 Å². The third-order valence-corrected chi connectivity index (χ3v) is 2.64. The fraction of sp³-hybridized carbons (Fsp3) is 0.778. The zero-order valence-corrected chi connectivity index (χ0v) is 8.40. The summed E-state index contributed by atoms with van der Waals surface area (Å²) in [6.07, 6.45) is 0.556. The Balaban J connectivity index is 2.72. The maximum atomic E-state index is 11.3. The van der Waals surface area contributed by atoms with Gasteiger partial charge < -0.3 is 14.7 Å². The number of methoxy groups -OCH3 is 1. The lowest BCUT2D eigenvalue weighted by Crippen LogP contribution is -2.45. The first-order valence-corrected chi connectivity index (χ1v) is 4.55. The predicted molar refractivity (Wildman–Crippen MR) is 48.7 cm³/mol. The number of ether oxygens (including phenoxy) is 1. The highest BCUT2D eigenvalue weighted by atomic mass is 16.5. The highest BCUT2D eigenvalue weighted by Gasteiger charge is 2.38. The van der Waals surface area contributed by atoms with Crippen molar-refractivity contribution in [1.29, 1.82) is 0 Å². The van der Waals surface area contributed by atoms with Crippen LogP contribution in [0, 0.1) is 11.8 Å². The highest BCUT2D eigenvalue weighted by Crippen LogP contribution is 2.24. The van der Waals surface area contributed by atoms with E-state index >= 15 is 0 Å². The van der Waals surface area contributed by atoms with E-state index < -0.39 is 23.8 Å². The Morgan fingerprint density at radius 3 is 2.57 bits per heavy atom. The zero-order valence-electron chi connectivity index (χ0n) is 8.40. The van der Waals surface area contributed by atoms with Gasteiger partial charge in [0.2, 0.25) is 0 Å². The van der Waals surface area contributed by atoms with Crippen LogP contribution in [0.25, 0.3) is 0 Å². The quantitative estimate of drug-likeness (QED) is 0.627. The minimum absolute atomic E-state index is 0.412. The molecular weight excluding hydrogens is 186 g/mol. The van der Waals surface area contributed by atoms with Gasteiger partial charge in [-0.05, 0) is 20.0 Å². The van der Waals surface area contributed by atoms with Crippen LogP contribution in [0.2, 0.25) is 0 Å². The van der Waals surface area contributed by atoms with E-state index in [1.165, 1.54) is 7.11 Å². The SMILES string of the molecule is COC(=O)[C@H]1CCN(C)C[C@H]1C(=O)O. The molecule has 5 heteroatoms. The van der Waals surface area contributed by atoms with Crippen LogP contribution in [-0.2, 0) is 14.3 Å². The van der Waals surface area contributed by atoms with Crippen molar-refractivity contribution < 1.29 is 19.4 Å². The number of hydrogen-bond donors (Lipinski definition) is 1. The van der Waals surface area contributed by atoms with Crippen LogP contribution in [0.5, 0.6) is 0 Å². The van der Waals surface area contributed by atoms with E-state index in [0.29, 0.717) is 13.0 Å². The number of carboxylic acids is 1. The number of hydrogen-bond acceptors (Lipinski definition) is 4. The lowest BCUT2D eigenvalue weighted by atomic mass is 9.86. The van der Waals surface area contributed by atoms with Gasteiger partial charge in [-0.3, -0.25) is 9.59 Å². The Labute approximate surface area is 82.6 Å². The van der Waals surface area contributed by atoms with E-state index in [1.807, 2.05) is 11.9 Å². The van der Waals surface area contributed by atoms with Crippen molar-refractivity contribution >= 4 is 11.9 Å². The first-order valence-electron chi connectivity index (χ1n) is 4.55. The number of carbonyl (C=O) groups excluding carboxylic acids is 1. The molecule has 0 aliphatic carbocycles. The molecule has 1 N–H and O–H groups in total. The average Bonchev–Trinajstić information content (AvgIpc) is 2.16. The summed E-state index contributed by atoms with van der Waals surface area (Å²) in [7, 11) is 3.14. The van der Waals surface area contributed by atoms with Crippen molar-refractivity contribution in [3.63, 3.8) is 0 Å². The Hall–Kier alpha value is -1.10. The Kier molecular flexibility index (Phi) is 3.46. The molecule has 80 valence electrons. The molecule has 0 spiro atoms. The molecular formula is C9H15NO4. The van der Waals surface area contributed by atoms with Crippen LogP contribution in [0.4, 0.5) is 0 Å². The first-order chi connectivity index (χ1) is 6.56. The Morgan fingerprint density at radius 2 is 2.07 bits per heavy atom. The number of nitrogens with zero attached hydrogens (tertiary/aromatic N) is 1. The molecule has 0 radical (unpaired) electrons. The summed E-state index contributed by atoms with van der Waals surface area (Å²) in [5.41, 5.74) is 0. The first kappa shape index (κ1) is 11.0. The van der Waals surface area contributed by atoms with Gasteiger partial charge in [0, 0.05) is 6.54 Å². The second-order valence-corrected chi connectivity index (χ2v) is 3.63. The standard InChI is InChI=1S/C9H15NO4/c1-10-4-3-6(9(13)14-2)7(5-10)8(11)12/h6-7H,3-5H2,1-2H3,(H,11,12)/t6-,7+/m0/s1. The summed E-state index contributed by atoms with van der Waals surface area (Å²) in [4.78, 5) is 24.1. The number of piperidine rings is 1. The van der Waals surface area contributed by atoms with E-state index in [0.717, 1.165) is 6.54 Å². The van der Waals surface area contributed by atoms with E-state index in [4.69, 9.17) is 5.11 Å². The second kappa shape index (κ2) is 4.41. The fourth-order valence-corrected chi connectivity index (χ4v) is 1.80. The van der Waals surface area contributed by atoms with E-state index in [9.17, 15) is 9.59 Å².